The van der Waals surface area contributed by atoms with Crippen molar-refractivity contribution in [3.8, 4) is 0 Å². The van der Waals surface area contributed by atoms with Gasteiger partial charge in [0.05, 0.1) is 5.92 Å². The first-order valence-corrected chi connectivity index (χ1v) is 8.06. The molecule has 2 amide bonds. The van der Waals surface area contributed by atoms with Crippen LogP contribution in [0, 0.1) is 5.92 Å². The Morgan fingerprint density at radius 1 is 1.29 bits per heavy atom. The Kier molecular flexibility index (Phi) is 6.30. The van der Waals surface area contributed by atoms with Gasteiger partial charge in [-0.3, -0.25) is 14.9 Å². The molecule has 0 spiro atoms. The monoisotopic (exact) mass is 348 g/mol. The van der Waals surface area contributed by atoms with Crippen LogP contribution in [0.1, 0.15) is 5.56 Å². The number of hydrogen-bond acceptors (Lipinski definition) is 6. The summed E-state index contributed by atoms with van der Waals surface area (Å²) in [6.07, 6.45) is 0.573. The van der Waals surface area contributed by atoms with E-state index in [9.17, 15) is 9.59 Å². The fourth-order valence-corrected chi connectivity index (χ4v) is 2.27. The number of thiol groups is 1. The summed E-state index contributed by atoms with van der Waals surface area (Å²) in [5, 5.41) is 14.1. The van der Waals surface area contributed by atoms with Crippen LogP contribution in [0.5, 0.6) is 0 Å². The van der Waals surface area contributed by atoms with E-state index in [1.807, 2.05) is 30.3 Å². The smallest absolute Gasteiger partial charge is 0.270 e. The summed E-state index contributed by atoms with van der Waals surface area (Å²) in [6, 6.07) is 9.71. The van der Waals surface area contributed by atoms with Crippen molar-refractivity contribution in [2.75, 3.05) is 25.2 Å². The van der Waals surface area contributed by atoms with Gasteiger partial charge in [-0.05, 0) is 17.2 Å². The molecule has 0 radical (unpaired) electrons. The number of tetrazole rings is 1. The van der Waals surface area contributed by atoms with E-state index >= 15 is 0 Å². The van der Waals surface area contributed by atoms with Crippen LogP contribution < -0.4 is 5.32 Å². The van der Waals surface area contributed by atoms with Gasteiger partial charge in [-0.15, -0.1) is 5.10 Å². The number of carbonyl (C=O) groups excluding carboxylic acids is 2. The molecule has 1 atom stereocenters. The van der Waals surface area contributed by atoms with Gasteiger partial charge in [0.1, 0.15) is 6.54 Å². The highest BCUT2D eigenvalue weighted by Gasteiger charge is 2.19. The molecule has 2 aromatic rings. The highest BCUT2D eigenvalue weighted by atomic mass is 32.1. The minimum absolute atomic E-state index is 0.0319. The van der Waals surface area contributed by atoms with Gasteiger partial charge in [-0.1, -0.05) is 35.4 Å². The number of hydrogen-bond donors (Lipinski definition) is 2. The lowest BCUT2D eigenvalue weighted by atomic mass is 10.0. The average molecular weight is 348 g/mol. The van der Waals surface area contributed by atoms with Gasteiger partial charge in [0.25, 0.3) is 5.95 Å². The number of nitrogens with one attached hydrogen (secondary N) is 1. The molecule has 0 aliphatic carbocycles. The molecule has 2 rings (SSSR count). The van der Waals surface area contributed by atoms with E-state index in [1.165, 1.54) is 4.90 Å². The quantitative estimate of drug-likeness (QED) is 0.711. The molecule has 1 N–H and O–H groups in total. The Morgan fingerprint density at radius 2 is 2.00 bits per heavy atom. The Bertz CT molecular complexity index is 688. The van der Waals surface area contributed by atoms with Crippen molar-refractivity contribution in [1.82, 2.24) is 25.1 Å². The molecule has 0 bridgehead atoms. The molecule has 8 nitrogen and oxygen atoms in total. The number of nitrogens with zero attached hydrogens (tertiary/aromatic N) is 5. The SMILES string of the molecule is CN(C)C(=O)Cn1nnc(NC(=O)C(CS)Cc2ccccc2)n1. The zero-order chi connectivity index (χ0) is 17.5. The first-order chi connectivity index (χ1) is 11.5. The topological polar surface area (TPSA) is 93.0 Å². The highest BCUT2D eigenvalue weighted by Crippen LogP contribution is 2.12. The molecule has 9 heteroatoms. The molecular weight excluding hydrogens is 328 g/mol. The van der Waals surface area contributed by atoms with E-state index in [-0.39, 0.29) is 30.2 Å². The molecule has 0 aliphatic rings. The van der Waals surface area contributed by atoms with E-state index in [2.05, 4.69) is 33.4 Å². The molecule has 0 aliphatic heterocycles. The molecule has 1 heterocycles. The van der Waals surface area contributed by atoms with Gasteiger partial charge in [-0.25, -0.2) is 0 Å². The van der Waals surface area contributed by atoms with Crippen molar-refractivity contribution in [3.05, 3.63) is 35.9 Å². The second-order valence-corrected chi connectivity index (χ2v) is 5.86. The van der Waals surface area contributed by atoms with Crippen LogP contribution in [0.2, 0.25) is 0 Å². The second kappa shape index (κ2) is 8.44. The summed E-state index contributed by atoms with van der Waals surface area (Å²) in [6.45, 7) is -0.0319. The third-order valence-corrected chi connectivity index (χ3v) is 3.82. The van der Waals surface area contributed by atoms with Crippen LogP contribution in [-0.2, 0) is 22.6 Å². The maximum absolute atomic E-state index is 12.3. The third-order valence-electron chi connectivity index (χ3n) is 3.38. The van der Waals surface area contributed by atoms with Crippen LogP contribution in [0.3, 0.4) is 0 Å². The van der Waals surface area contributed by atoms with Gasteiger partial charge in [-0.2, -0.15) is 17.4 Å². The second-order valence-electron chi connectivity index (χ2n) is 5.49. The van der Waals surface area contributed by atoms with Gasteiger partial charge in [0, 0.05) is 19.8 Å². The molecular formula is C15H20N6O2S. The Morgan fingerprint density at radius 3 is 2.62 bits per heavy atom. The van der Waals surface area contributed by atoms with Gasteiger partial charge in [0.2, 0.25) is 11.8 Å². The predicted molar refractivity (Wildman–Crippen MR) is 92.6 cm³/mol. The number of aromatic nitrogens is 4. The summed E-state index contributed by atoms with van der Waals surface area (Å²) >= 11 is 4.25. The minimum atomic E-state index is -0.314. The number of amides is 2. The Hall–Kier alpha value is -2.42. The van der Waals surface area contributed by atoms with Crippen LogP contribution >= 0.6 is 12.6 Å². The fraction of sp³-hybridized carbons (Fsp3) is 0.400. The van der Waals surface area contributed by atoms with Crippen molar-refractivity contribution >= 4 is 30.4 Å². The molecule has 1 aromatic heterocycles. The highest BCUT2D eigenvalue weighted by molar-refractivity contribution is 7.80. The third kappa shape index (κ3) is 5.05. The summed E-state index contributed by atoms with van der Waals surface area (Å²) in [7, 11) is 3.28. The molecule has 1 unspecified atom stereocenters. The van der Waals surface area contributed by atoms with Crippen molar-refractivity contribution in [2.24, 2.45) is 5.92 Å². The van der Waals surface area contributed by atoms with Gasteiger partial charge >= 0.3 is 0 Å². The van der Waals surface area contributed by atoms with Crippen LogP contribution in [0.4, 0.5) is 5.95 Å². The number of benzene rings is 1. The predicted octanol–water partition coefficient (Wildman–Crippen LogP) is 0.488. The minimum Gasteiger partial charge on any atom is -0.347 e. The summed E-state index contributed by atoms with van der Waals surface area (Å²) in [5.74, 6) is -0.235. The zero-order valence-electron chi connectivity index (χ0n) is 13.6. The van der Waals surface area contributed by atoms with Crippen molar-refractivity contribution in [3.63, 3.8) is 0 Å². The molecule has 0 saturated heterocycles. The summed E-state index contributed by atoms with van der Waals surface area (Å²) in [4.78, 5) is 26.5. The van der Waals surface area contributed by atoms with E-state index in [0.29, 0.717) is 12.2 Å². The zero-order valence-corrected chi connectivity index (χ0v) is 14.5. The molecule has 1 aromatic carbocycles. The van der Waals surface area contributed by atoms with Crippen molar-refractivity contribution < 1.29 is 9.59 Å². The summed E-state index contributed by atoms with van der Waals surface area (Å²) in [5.41, 5.74) is 1.06. The van der Waals surface area contributed by atoms with Gasteiger partial charge in [0.15, 0.2) is 0 Å². The normalized spacial score (nSPS) is 11.8. The number of anilines is 1. The van der Waals surface area contributed by atoms with E-state index in [0.717, 1.165) is 10.4 Å². The van der Waals surface area contributed by atoms with Crippen molar-refractivity contribution in [1.29, 1.82) is 0 Å². The lowest BCUT2D eigenvalue weighted by molar-refractivity contribution is -0.129. The van der Waals surface area contributed by atoms with E-state index in [4.69, 9.17) is 0 Å². The largest absolute Gasteiger partial charge is 0.347 e. The molecule has 24 heavy (non-hydrogen) atoms. The van der Waals surface area contributed by atoms with E-state index < -0.39 is 0 Å². The molecule has 0 fully saturated rings. The van der Waals surface area contributed by atoms with Crippen molar-refractivity contribution in [2.45, 2.75) is 13.0 Å². The molecule has 0 saturated carbocycles. The maximum Gasteiger partial charge on any atom is 0.270 e. The van der Waals surface area contributed by atoms with Gasteiger partial charge < -0.3 is 4.90 Å². The lowest BCUT2D eigenvalue weighted by Crippen LogP contribution is -2.28. The first-order valence-electron chi connectivity index (χ1n) is 7.43. The average Bonchev–Trinajstić information content (AvgIpc) is 3.00. The summed E-state index contributed by atoms with van der Waals surface area (Å²) < 4.78 is 0. The van der Waals surface area contributed by atoms with Crippen LogP contribution in [0.25, 0.3) is 0 Å². The Balaban J connectivity index is 1.95. The number of likely N-dealkylation sites (N-methyl/N-ethyl adjacent to an activating group) is 1. The van der Waals surface area contributed by atoms with Crippen LogP contribution in [0.15, 0.2) is 30.3 Å². The van der Waals surface area contributed by atoms with E-state index in [1.54, 1.807) is 14.1 Å². The number of carbonyl (C=O) groups is 2. The lowest BCUT2D eigenvalue weighted by Gasteiger charge is -2.13. The molecule has 128 valence electrons. The first kappa shape index (κ1) is 17.9. The Labute approximate surface area is 145 Å². The standard InChI is InChI=1S/C15H20N6O2S/c1-20(2)13(22)9-21-18-15(17-19-21)16-14(23)12(10-24)8-11-6-4-3-5-7-11/h3-7,12,24H,8-10H2,1-2H3,(H,16,18,23). The number of rotatable bonds is 7. The van der Waals surface area contributed by atoms with Crippen LogP contribution in [-0.4, -0.2) is 56.8 Å². The maximum atomic E-state index is 12.3. The fourth-order valence-electron chi connectivity index (χ4n) is 1.97.